The first-order valence-corrected chi connectivity index (χ1v) is 5.76. The lowest BCUT2D eigenvalue weighted by Gasteiger charge is -2.30. The minimum absolute atomic E-state index is 0.380. The Balaban J connectivity index is 2.11. The number of rotatable bonds is 5. The standard InChI is InChI=1S/C13H19NO2/c1-15-13-5-3-2-4-12(13)11(7-14)6-10-8-16-9-10/h2-5,10-11H,6-9,14H2,1H3. The summed E-state index contributed by atoms with van der Waals surface area (Å²) in [6.07, 6.45) is 1.09. The second kappa shape index (κ2) is 5.32. The Labute approximate surface area is 96.5 Å². The summed E-state index contributed by atoms with van der Waals surface area (Å²) >= 11 is 0. The molecule has 3 nitrogen and oxygen atoms in total. The van der Waals surface area contributed by atoms with Crippen LogP contribution in [0.25, 0.3) is 0 Å². The fourth-order valence-corrected chi connectivity index (χ4v) is 2.18. The third-order valence-corrected chi connectivity index (χ3v) is 3.19. The lowest BCUT2D eigenvalue weighted by Crippen LogP contribution is -2.30. The predicted molar refractivity (Wildman–Crippen MR) is 63.7 cm³/mol. The highest BCUT2D eigenvalue weighted by molar-refractivity contribution is 5.36. The van der Waals surface area contributed by atoms with Gasteiger partial charge in [-0.05, 0) is 24.6 Å². The molecule has 1 unspecified atom stereocenters. The van der Waals surface area contributed by atoms with Gasteiger partial charge in [0.15, 0.2) is 0 Å². The highest BCUT2D eigenvalue weighted by atomic mass is 16.5. The maximum Gasteiger partial charge on any atom is 0.122 e. The van der Waals surface area contributed by atoms with E-state index in [-0.39, 0.29) is 0 Å². The third-order valence-electron chi connectivity index (χ3n) is 3.19. The summed E-state index contributed by atoms with van der Waals surface area (Å²) < 4.78 is 10.6. The van der Waals surface area contributed by atoms with Crippen molar-refractivity contribution in [1.82, 2.24) is 0 Å². The van der Waals surface area contributed by atoms with Crippen LogP contribution in [0.5, 0.6) is 5.75 Å². The van der Waals surface area contributed by atoms with Gasteiger partial charge in [-0.15, -0.1) is 0 Å². The van der Waals surface area contributed by atoms with Gasteiger partial charge in [-0.25, -0.2) is 0 Å². The van der Waals surface area contributed by atoms with Crippen LogP contribution in [-0.2, 0) is 4.74 Å². The van der Waals surface area contributed by atoms with Gasteiger partial charge in [0.05, 0.1) is 20.3 Å². The van der Waals surface area contributed by atoms with E-state index in [2.05, 4.69) is 6.07 Å². The van der Waals surface area contributed by atoms with E-state index in [0.717, 1.165) is 25.4 Å². The van der Waals surface area contributed by atoms with Crippen LogP contribution in [0.1, 0.15) is 17.9 Å². The minimum atomic E-state index is 0.380. The van der Waals surface area contributed by atoms with E-state index >= 15 is 0 Å². The zero-order chi connectivity index (χ0) is 11.4. The van der Waals surface area contributed by atoms with Crippen LogP contribution in [0.4, 0.5) is 0 Å². The molecule has 0 radical (unpaired) electrons. The number of nitrogens with two attached hydrogens (primary N) is 1. The van der Waals surface area contributed by atoms with Crippen molar-refractivity contribution in [3.8, 4) is 5.75 Å². The number of ether oxygens (including phenoxy) is 2. The molecule has 2 N–H and O–H groups in total. The quantitative estimate of drug-likeness (QED) is 0.824. The van der Waals surface area contributed by atoms with E-state index in [4.69, 9.17) is 15.2 Å². The fraction of sp³-hybridized carbons (Fsp3) is 0.538. The van der Waals surface area contributed by atoms with Crippen molar-refractivity contribution in [3.05, 3.63) is 29.8 Å². The molecule has 0 aromatic heterocycles. The highest BCUT2D eigenvalue weighted by Crippen LogP contribution is 2.32. The summed E-state index contributed by atoms with van der Waals surface area (Å²) in [6, 6.07) is 8.13. The van der Waals surface area contributed by atoms with Crippen LogP contribution in [0, 0.1) is 5.92 Å². The van der Waals surface area contributed by atoms with Gasteiger partial charge in [-0.1, -0.05) is 18.2 Å². The zero-order valence-electron chi connectivity index (χ0n) is 9.69. The molecule has 0 aliphatic carbocycles. The van der Waals surface area contributed by atoms with E-state index in [1.165, 1.54) is 5.56 Å². The van der Waals surface area contributed by atoms with Crippen LogP contribution in [0.15, 0.2) is 24.3 Å². The second-order valence-corrected chi connectivity index (χ2v) is 4.31. The SMILES string of the molecule is COc1ccccc1C(CN)CC1COC1. The molecule has 0 spiro atoms. The van der Waals surface area contributed by atoms with Gasteiger partial charge >= 0.3 is 0 Å². The third kappa shape index (κ3) is 2.36. The molecule has 16 heavy (non-hydrogen) atoms. The van der Waals surface area contributed by atoms with Crippen LogP contribution in [0.3, 0.4) is 0 Å². The molecule has 88 valence electrons. The van der Waals surface area contributed by atoms with Gasteiger partial charge in [-0.2, -0.15) is 0 Å². The van der Waals surface area contributed by atoms with E-state index < -0.39 is 0 Å². The first kappa shape index (κ1) is 11.4. The van der Waals surface area contributed by atoms with E-state index in [0.29, 0.717) is 18.4 Å². The molecule has 2 rings (SSSR count). The van der Waals surface area contributed by atoms with Crippen LogP contribution in [0.2, 0.25) is 0 Å². The Morgan fingerprint density at radius 2 is 2.19 bits per heavy atom. The van der Waals surface area contributed by atoms with Crippen molar-refractivity contribution in [2.45, 2.75) is 12.3 Å². The predicted octanol–water partition coefficient (Wildman–Crippen LogP) is 1.77. The summed E-state index contributed by atoms with van der Waals surface area (Å²) in [5.41, 5.74) is 7.08. The Morgan fingerprint density at radius 1 is 1.44 bits per heavy atom. The summed E-state index contributed by atoms with van der Waals surface area (Å²) in [4.78, 5) is 0. The smallest absolute Gasteiger partial charge is 0.122 e. The molecule has 0 saturated carbocycles. The molecular formula is C13H19NO2. The minimum Gasteiger partial charge on any atom is -0.496 e. The Kier molecular flexibility index (Phi) is 3.80. The Bertz CT molecular complexity index is 336. The molecular weight excluding hydrogens is 202 g/mol. The summed E-state index contributed by atoms with van der Waals surface area (Å²) in [7, 11) is 1.71. The first-order valence-electron chi connectivity index (χ1n) is 5.76. The summed E-state index contributed by atoms with van der Waals surface area (Å²) in [5.74, 6) is 1.99. The molecule has 1 aliphatic heterocycles. The number of para-hydroxylation sites is 1. The highest BCUT2D eigenvalue weighted by Gasteiger charge is 2.24. The average Bonchev–Trinajstić information content (AvgIpc) is 2.28. The van der Waals surface area contributed by atoms with Crippen LogP contribution in [-0.4, -0.2) is 26.9 Å². The lowest BCUT2D eigenvalue weighted by atomic mass is 9.87. The number of methoxy groups -OCH3 is 1. The topological polar surface area (TPSA) is 44.5 Å². The van der Waals surface area contributed by atoms with Gasteiger partial charge in [0, 0.05) is 11.8 Å². The average molecular weight is 221 g/mol. The van der Waals surface area contributed by atoms with Crippen LogP contribution < -0.4 is 10.5 Å². The molecule has 1 fully saturated rings. The van der Waals surface area contributed by atoms with E-state index in [9.17, 15) is 0 Å². The number of hydrogen-bond donors (Lipinski definition) is 1. The van der Waals surface area contributed by atoms with Crippen molar-refractivity contribution in [2.75, 3.05) is 26.9 Å². The number of benzene rings is 1. The summed E-state index contributed by atoms with van der Waals surface area (Å²) in [5, 5.41) is 0. The van der Waals surface area contributed by atoms with Gasteiger partial charge in [0.2, 0.25) is 0 Å². The molecule has 1 aromatic carbocycles. The normalized spacial score (nSPS) is 17.9. The van der Waals surface area contributed by atoms with E-state index in [1.54, 1.807) is 7.11 Å². The monoisotopic (exact) mass is 221 g/mol. The molecule has 3 heteroatoms. The van der Waals surface area contributed by atoms with Crippen molar-refractivity contribution in [3.63, 3.8) is 0 Å². The lowest BCUT2D eigenvalue weighted by molar-refractivity contribution is -0.0382. The maximum atomic E-state index is 5.86. The zero-order valence-corrected chi connectivity index (χ0v) is 9.69. The van der Waals surface area contributed by atoms with Gasteiger partial charge < -0.3 is 15.2 Å². The molecule has 1 aromatic rings. The molecule has 1 heterocycles. The van der Waals surface area contributed by atoms with E-state index in [1.807, 2.05) is 18.2 Å². The summed E-state index contributed by atoms with van der Waals surface area (Å²) in [6.45, 7) is 2.42. The van der Waals surface area contributed by atoms with Crippen LogP contribution >= 0.6 is 0 Å². The maximum absolute atomic E-state index is 5.86. The second-order valence-electron chi connectivity index (χ2n) is 4.31. The largest absolute Gasteiger partial charge is 0.496 e. The first-order chi connectivity index (χ1) is 7.85. The molecule has 1 aliphatic rings. The molecule has 0 amide bonds. The molecule has 0 bridgehead atoms. The van der Waals surface area contributed by atoms with Gasteiger partial charge in [-0.3, -0.25) is 0 Å². The molecule has 1 saturated heterocycles. The number of hydrogen-bond acceptors (Lipinski definition) is 3. The Hall–Kier alpha value is -1.06. The van der Waals surface area contributed by atoms with Crippen molar-refractivity contribution < 1.29 is 9.47 Å². The van der Waals surface area contributed by atoms with Crippen molar-refractivity contribution in [1.29, 1.82) is 0 Å². The van der Waals surface area contributed by atoms with Crippen molar-refractivity contribution >= 4 is 0 Å². The van der Waals surface area contributed by atoms with Gasteiger partial charge in [0.1, 0.15) is 5.75 Å². The molecule has 1 atom stereocenters. The van der Waals surface area contributed by atoms with Crippen molar-refractivity contribution in [2.24, 2.45) is 11.7 Å². The fourth-order valence-electron chi connectivity index (χ4n) is 2.18. The Morgan fingerprint density at radius 3 is 2.75 bits per heavy atom. The van der Waals surface area contributed by atoms with Gasteiger partial charge in [0.25, 0.3) is 0 Å².